The summed E-state index contributed by atoms with van der Waals surface area (Å²) in [7, 11) is 0. The van der Waals surface area contributed by atoms with Gasteiger partial charge in [0, 0.05) is 10.6 Å². The van der Waals surface area contributed by atoms with Gasteiger partial charge >= 0.3 is 0 Å². The molecule has 0 bridgehead atoms. The second-order valence-corrected chi connectivity index (χ2v) is 5.36. The fourth-order valence-corrected chi connectivity index (χ4v) is 2.61. The lowest BCUT2D eigenvalue weighted by Crippen LogP contribution is -2.31. The summed E-state index contributed by atoms with van der Waals surface area (Å²) in [6.45, 7) is 0. The van der Waals surface area contributed by atoms with Gasteiger partial charge in [-0.05, 0) is 29.3 Å². The van der Waals surface area contributed by atoms with Crippen molar-refractivity contribution in [2.45, 2.75) is 17.1 Å². The van der Waals surface area contributed by atoms with Crippen molar-refractivity contribution in [2.75, 3.05) is 0 Å². The number of halogens is 1. The van der Waals surface area contributed by atoms with E-state index in [-0.39, 0.29) is 18.1 Å². The average Bonchev–Trinajstić information content (AvgIpc) is 2.46. The molecule has 0 aliphatic heterocycles. The van der Waals surface area contributed by atoms with Crippen molar-refractivity contribution in [1.82, 2.24) is 5.43 Å². The maximum Gasteiger partial charge on any atom is 0.238 e. The van der Waals surface area contributed by atoms with E-state index in [4.69, 9.17) is 5.84 Å². The third-order valence-corrected chi connectivity index (χ3v) is 3.82. The Morgan fingerprint density at radius 1 is 1.15 bits per heavy atom. The molecule has 0 heterocycles. The molecule has 0 unspecified atom stereocenters. The molecule has 0 spiro atoms. The molecule has 0 radical (unpaired) electrons. The Bertz CT molecular complexity index is 587. The molecule has 0 atom stereocenters. The number of hydrazine groups is 1. The van der Waals surface area contributed by atoms with Crippen LogP contribution in [-0.2, 0) is 17.0 Å². The average molecular weight is 290 g/mol. The summed E-state index contributed by atoms with van der Waals surface area (Å²) in [5.41, 5.74) is 4.13. The van der Waals surface area contributed by atoms with Gasteiger partial charge in [-0.15, -0.1) is 11.8 Å². The monoisotopic (exact) mass is 290 g/mol. The third kappa shape index (κ3) is 4.36. The van der Waals surface area contributed by atoms with Crippen molar-refractivity contribution in [2.24, 2.45) is 5.84 Å². The third-order valence-electron chi connectivity index (χ3n) is 2.75. The molecular formula is C15H15FN2OS. The first-order valence-corrected chi connectivity index (χ1v) is 7.11. The molecule has 1 amide bonds. The van der Waals surface area contributed by atoms with Gasteiger partial charge in [0.15, 0.2) is 0 Å². The first kappa shape index (κ1) is 14.6. The summed E-state index contributed by atoms with van der Waals surface area (Å²) in [4.78, 5) is 12.0. The molecule has 3 nitrogen and oxygen atoms in total. The minimum atomic E-state index is -0.224. The number of nitrogens with one attached hydrogen (secondary N) is 1. The molecule has 20 heavy (non-hydrogen) atoms. The molecule has 0 saturated heterocycles. The molecular weight excluding hydrogens is 275 g/mol. The molecule has 3 N–H and O–H groups in total. The fraction of sp³-hybridized carbons (Fsp3) is 0.133. The van der Waals surface area contributed by atoms with Gasteiger partial charge in [0.1, 0.15) is 5.82 Å². The maximum atomic E-state index is 13.0. The first-order valence-electron chi connectivity index (χ1n) is 6.13. The summed E-state index contributed by atoms with van der Waals surface area (Å²) in [5, 5.41) is 0. The zero-order valence-corrected chi connectivity index (χ0v) is 11.6. The van der Waals surface area contributed by atoms with Crippen LogP contribution in [0.2, 0.25) is 0 Å². The molecule has 2 aromatic rings. The second-order valence-electron chi connectivity index (χ2n) is 4.31. The highest BCUT2D eigenvalue weighted by Crippen LogP contribution is 2.23. The molecule has 0 aromatic heterocycles. The Kier molecular flexibility index (Phi) is 5.15. The highest BCUT2D eigenvalue weighted by molar-refractivity contribution is 7.98. The molecule has 2 rings (SSSR count). The predicted molar refractivity (Wildman–Crippen MR) is 78.4 cm³/mol. The Labute approximate surface area is 121 Å². The van der Waals surface area contributed by atoms with Gasteiger partial charge < -0.3 is 0 Å². The highest BCUT2D eigenvalue weighted by Gasteiger charge is 2.02. The topological polar surface area (TPSA) is 55.1 Å². The quantitative estimate of drug-likeness (QED) is 0.385. The van der Waals surface area contributed by atoms with Crippen molar-refractivity contribution in [1.29, 1.82) is 0 Å². The van der Waals surface area contributed by atoms with E-state index in [1.807, 2.05) is 30.3 Å². The van der Waals surface area contributed by atoms with Gasteiger partial charge in [-0.2, -0.15) is 0 Å². The largest absolute Gasteiger partial charge is 0.294 e. The SMILES string of the molecule is NNC(=O)Cc1ccc(CSc2cccc(F)c2)cc1. The van der Waals surface area contributed by atoms with E-state index in [9.17, 15) is 9.18 Å². The lowest BCUT2D eigenvalue weighted by molar-refractivity contribution is -0.120. The van der Waals surface area contributed by atoms with E-state index < -0.39 is 0 Å². The Balaban J connectivity index is 1.92. The van der Waals surface area contributed by atoms with Crippen LogP contribution in [0.15, 0.2) is 53.4 Å². The Morgan fingerprint density at radius 2 is 1.85 bits per heavy atom. The van der Waals surface area contributed by atoms with Crippen LogP contribution in [0.3, 0.4) is 0 Å². The van der Waals surface area contributed by atoms with Gasteiger partial charge in [0.05, 0.1) is 6.42 Å². The summed E-state index contributed by atoms with van der Waals surface area (Å²) >= 11 is 1.57. The van der Waals surface area contributed by atoms with Gasteiger partial charge in [-0.25, -0.2) is 10.2 Å². The normalized spacial score (nSPS) is 10.3. The number of amides is 1. The number of nitrogens with two attached hydrogens (primary N) is 1. The van der Waals surface area contributed by atoms with E-state index in [1.165, 1.54) is 12.1 Å². The van der Waals surface area contributed by atoms with Crippen molar-refractivity contribution in [3.8, 4) is 0 Å². The van der Waals surface area contributed by atoms with Crippen molar-refractivity contribution in [3.05, 3.63) is 65.5 Å². The van der Waals surface area contributed by atoms with E-state index >= 15 is 0 Å². The van der Waals surface area contributed by atoms with E-state index in [1.54, 1.807) is 17.8 Å². The molecule has 0 fully saturated rings. The molecule has 0 saturated carbocycles. The fourth-order valence-electron chi connectivity index (χ4n) is 1.71. The van der Waals surface area contributed by atoms with Crippen molar-refractivity contribution in [3.63, 3.8) is 0 Å². The van der Waals surface area contributed by atoms with Crippen molar-refractivity contribution >= 4 is 17.7 Å². The molecule has 2 aromatic carbocycles. The molecule has 0 aliphatic rings. The van der Waals surface area contributed by atoms with Crippen LogP contribution in [0, 0.1) is 5.82 Å². The van der Waals surface area contributed by atoms with Crippen LogP contribution >= 0.6 is 11.8 Å². The van der Waals surface area contributed by atoms with E-state index in [0.717, 1.165) is 21.8 Å². The van der Waals surface area contributed by atoms with Crippen LogP contribution in [0.25, 0.3) is 0 Å². The zero-order chi connectivity index (χ0) is 14.4. The lowest BCUT2D eigenvalue weighted by Gasteiger charge is -2.04. The van der Waals surface area contributed by atoms with Crippen molar-refractivity contribution < 1.29 is 9.18 Å². The number of carbonyl (C=O) groups excluding carboxylic acids is 1. The summed E-state index contributed by atoms with van der Waals surface area (Å²) < 4.78 is 13.0. The maximum absolute atomic E-state index is 13.0. The number of thioether (sulfide) groups is 1. The highest BCUT2D eigenvalue weighted by atomic mass is 32.2. The van der Waals surface area contributed by atoms with E-state index in [2.05, 4.69) is 5.43 Å². The Morgan fingerprint density at radius 3 is 2.50 bits per heavy atom. The van der Waals surface area contributed by atoms with Crippen LogP contribution in [0.5, 0.6) is 0 Å². The summed E-state index contributed by atoms with van der Waals surface area (Å²) in [5.74, 6) is 5.36. The van der Waals surface area contributed by atoms with Gasteiger partial charge in [0.25, 0.3) is 0 Å². The van der Waals surface area contributed by atoms with Gasteiger partial charge in [-0.1, -0.05) is 30.3 Å². The number of benzene rings is 2. The Hall–Kier alpha value is -1.85. The van der Waals surface area contributed by atoms with Crippen LogP contribution in [0.4, 0.5) is 4.39 Å². The molecule has 0 aliphatic carbocycles. The first-order chi connectivity index (χ1) is 9.67. The molecule has 5 heteroatoms. The predicted octanol–water partition coefficient (Wildman–Crippen LogP) is 2.65. The number of carbonyl (C=O) groups is 1. The number of hydrogen-bond donors (Lipinski definition) is 2. The number of hydrogen-bond acceptors (Lipinski definition) is 3. The smallest absolute Gasteiger partial charge is 0.238 e. The lowest BCUT2D eigenvalue weighted by atomic mass is 10.1. The molecule has 104 valence electrons. The van der Waals surface area contributed by atoms with E-state index in [0.29, 0.717) is 0 Å². The van der Waals surface area contributed by atoms with Crippen LogP contribution < -0.4 is 11.3 Å². The van der Waals surface area contributed by atoms with Gasteiger partial charge in [-0.3, -0.25) is 10.2 Å². The van der Waals surface area contributed by atoms with Crippen LogP contribution in [-0.4, -0.2) is 5.91 Å². The standard InChI is InChI=1S/C15H15FN2OS/c16-13-2-1-3-14(9-13)20-10-12-6-4-11(5-7-12)8-15(19)18-17/h1-7,9H,8,10,17H2,(H,18,19). The summed E-state index contributed by atoms with van der Waals surface area (Å²) in [6.07, 6.45) is 0.272. The van der Waals surface area contributed by atoms with Crippen LogP contribution in [0.1, 0.15) is 11.1 Å². The summed E-state index contributed by atoms with van der Waals surface area (Å²) in [6, 6.07) is 14.3. The van der Waals surface area contributed by atoms with Gasteiger partial charge in [0.2, 0.25) is 5.91 Å². The second kappa shape index (κ2) is 7.07. The zero-order valence-electron chi connectivity index (χ0n) is 10.8. The number of rotatable bonds is 5. The minimum absolute atomic E-state index is 0.216. The minimum Gasteiger partial charge on any atom is -0.294 e.